The van der Waals surface area contributed by atoms with E-state index in [1.165, 1.54) is 0 Å². The van der Waals surface area contributed by atoms with Gasteiger partial charge in [0.2, 0.25) is 5.91 Å². The van der Waals surface area contributed by atoms with Crippen molar-refractivity contribution < 1.29 is 53.0 Å². The number of halogens is 2. The Hall–Kier alpha value is -0.200. The molecule has 0 radical (unpaired) electrons. The fourth-order valence-electron chi connectivity index (χ4n) is 3.61. The van der Waals surface area contributed by atoms with Crippen LogP contribution < -0.4 is 40.0 Å². The van der Waals surface area contributed by atoms with E-state index in [0.717, 1.165) is 0 Å². The molecule has 1 unspecified atom stereocenters. The number of nitrogens with one attached hydrogen (secondary N) is 1. The molecule has 23 heavy (non-hydrogen) atoms. The summed E-state index contributed by atoms with van der Waals surface area (Å²) in [6.45, 7) is 3.85. The Morgan fingerprint density at radius 2 is 1.78 bits per heavy atom. The summed E-state index contributed by atoms with van der Waals surface area (Å²) in [5.74, 6) is -4.46. The van der Waals surface area contributed by atoms with E-state index in [1.54, 1.807) is 0 Å². The SMILES string of the molecule is CC(C)CC(CC(=O)[O-])C(=O)NC1CCC2(CC1)CC2(F)F.[Na+]. The van der Waals surface area contributed by atoms with Crippen LogP contribution in [0.4, 0.5) is 8.78 Å². The second-order valence-electron chi connectivity index (χ2n) is 7.35. The van der Waals surface area contributed by atoms with Gasteiger partial charge in [0.25, 0.3) is 5.92 Å². The molecule has 2 aliphatic carbocycles. The summed E-state index contributed by atoms with van der Waals surface area (Å²) < 4.78 is 26.6. The number of carbonyl (C=O) groups excluding carboxylic acids is 2. The van der Waals surface area contributed by atoms with E-state index < -0.39 is 23.2 Å². The maximum Gasteiger partial charge on any atom is 1.00 e. The normalized spacial score (nSPS) is 29.7. The molecule has 0 heterocycles. The van der Waals surface area contributed by atoms with Crippen molar-refractivity contribution in [1.29, 1.82) is 0 Å². The predicted octanol–water partition coefficient (Wildman–Crippen LogP) is -1.12. The molecule has 0 aromatic heterocycles. The smallest absolute Gasteiger partial charge is 0.550 e. The van der Waals surface area contributed by atoms with Crippen molar-refractivity contribution in [3.63, 3.8) is 0 Å². The Labute approximate surface area is 158 Å². The molecule has 4 nitrogen and oxygen atoms in total. The standard InChI is InChI=1S/C16H25F2NO3.Na/c1-10(2)7-11(8-13(20)21)14(22)19-12-3-5-15(6-4-12)9-16(15,17)18;/h10-12H,3-9H2,1-2H3,(H,19,22)(H,20,21);/q;+1/p-1. The molecule has 0 aromatic rings. The zero-order valence-electron chi connectivity index (χ0n) is 14.2. The predicted molar refractivity (Wildman–Crippen MR) is 75.0 cm³/mol. The van der Waals surface area contributed by atoms with Gasteiger partial charge in [0.1, 0.15) is 0 Å². The van der Waals surface area contributed by atoms with E-state index in [0.29, 0.717) is 32.1 Å². The first-order chi connectivity index (χ1) is 10.2. The third kappa shape index (κ3) is 5.13. The van der Waals surface area contributed by atoms with Crippen molar-refractivity contribution >= 4 is 11.9 Å². The van der Waals surface area contributed by atoms with Crippen LogP contribution >= 0.6 is 0 Å². The number of alkyl halides is 2. The van der Waals surface area contributed by atoms with Gasteiger partial charge in [-0.1, -0.05) is 13.8 Å². The van der Waals surface area contributed by atoms with Crippen molar-refractivity contribution in [2.24, 2.45) is 17.3 Å². The molecule has 1 atom stereocenters. The summed E-state index contributed by atoms with van der Waals surface area (Å²) in [6, 6.07) is -0.119. The quantitative estimate of drug-likeness (QED) is 0.623. The minimum Gasteiger partial charge on any atom is -0.550 e. The number of hydrogen-bond donors (Lipinski definition) is 1. The van der Waals surface area contributed by atoms with Gasteiger partial charge in [-0.2, -0.15) is 0 Å². The van der Waals surface area contributed by atoms with Gasteiger partial charge < -0.3 is 15.2 Å². The molecule has 1 amide bonds. The molecular formula is C16H24F2NNaO3. The van der Waals surface area contributed by atoms with E-state index in [2.05, 4.69) is 5.32 Å². The number of carboxylic acid groups (broad SMARTS) is 1. The number of aliphatic carboxylic acids is 1. The molecule has 0 saturated heterocycles. The van der Waals surface area contributed by atoms with Crippen LogP contribution in [0.1, 0.15) is 58.8 Å². The fourth-order valence-corrected chi connectivity index (χ4v) is 3.61. The van der Waals surface area contributed by atoms with E-state index in [9.17, 15) is 23.5 Å². The number of carbonyl (C=O) groups is 2. The molecule has 2 aliphatic rings. The van der Waals surface area contributed by atoms with Crippen LogP contribution in [0.3, 0.4) is 0 Å². The van der Waals surface area contributed by atoms with Crippen molar-refractivity contribution in [2.45, 2.75) is 70.8 Å². The van der Waals surface area contributed by atoms with Crippen molar-refractivity contribution in [2.75, 3.05) is 0 Å². The molecule has 7 heteroatoms. The molecule has 2 rings (SSSR count). The monoisotopic (exact) mass is 339 g/mol. The van der Waals surface area contributed by atoms with Crippen molar-refractivity contribution in [3.05, 3.63) is 0 Å². The average molecular weight is 339 g/mol. The number of carboxylic acids is 1. The topological polar surface area (TPSA) is 69.2 Å². The first kappa shape index (κ1) is 20.8. The van der Waals surface area contributed by atoms with Gasteiger partial charge in [-0.05, 0) is 44.4 Å². The molecule has 126 valence electrons. The summed E-state index contributed by atoms with van der Waals surface area (Å²) in [7, 11) is 0. The van der Waals surface area contributed by atoms with Gasteiger partial charge in [0.05, 0.1) is 0 Å². The molecule has 1 spiro atoms. The zero-order chi connectivity index (χ0) is 16.5. The van der Waals surface area contributed by atoms with Crippen LogP contribution in [0.15, 0.2) is 0 Å². The Morgan fingerprint density at radius 1 is 1.26 bits per heavy atom. The fraction of sp³-hybridized carbons (Fsp3) is 0.875. The molecule has 2 fully saturated rings. The van der Waals surface area contributed by atoms with Crippen LogP contribution in [0.2, 0.25) is 0 Å². The van der Waals surface area contributed by atoms with E-state index >= 15 is 0 Å². The van der Waals surface area contributed by atoms with E-state index in [-0.39, 0.29) is 60.3 Å². The van der Waals surface area contributed by atoms with Gasteiger partial charge in [0, 0.05) is 29.8 Å². The maximum atomic E-state index is 13.3. The largest absolute Gasteiger partial charge is 1.00 e. The average Bonchev–Trinajstić information content (AvgIpc) is 2.91. The summed E-state index contributed by atoms with van der Waals surface area (Å²) in [4.78, 5) is 23.0. The summed E-state index contributed by atoms with van der Waals surface area (Å²) >= 11 is 0. The van der Waals surface area contributed by atoms with E-state index in [4.69, 9.17) is 0 Å². The van der Waals surface area contributed by atoms with Crippen LogP contribution in [0, 0.1) is 17.3 Å². The summed E-state index contributed by atoms with van der Waals surface area (Å²) in [5.41, 5.74) is -0.823. The van der Waals surface area contributed by atoms with Gasteiger partial charge in [-0.15, -0.1) is 0 Å². The van der Waals surface area contributed by atoms with Gasteiger partial charge >= 0.3 is 29.6 Å². The number of hydrogen-bond acceptors (Lipinski definition) is 3. The van der Waals surface area contributed by atoms with Gasteiger partial charge in [0.15, 0.2) is 0 Å². The third-order valence-corrected chi connectivity index (χ3v) is 5.04. The first-order valence-electron chi connectivity index (χ1n) is 8.03. The minimum absolute atomic E-state index is 0. The minimum atomic E-state index is -2.53. The number of rotatable bonds is 6. The van der Waals surface area contributed by atoms with Crippen molar-refractivity contribution in [3.8, 4) is 0 Å². The Bertz CT molecular complexity index is 449. The zero-order valence-corrected chi connectivity index (χ0v) is 16.2. The number of amides is 1. The molecular weight excluding hydrogens is 315 g/mol. The molecule has 0 bridgehead atoms. The Morgan fingerprint density at radius 3 is 2.17 bits per heavy atom. The first-order valence-corrected chi connectivity index (χ1v) is 8.03. The molecule has 0 aliphatic heterocycles. The molecule has 2 saturated carbocycles. The molecule has 1 N–H and O–H groups in total. The second-order valence-corrected chi connectivity index (χ2v) is 7.35. The van der Waals surface area contributed by atoms with Crippen LogP contribution in [-0.4, -0.2) is 23.8 Å². The summed E-state index contributed by atoms with van der Waals surface area (Å²) in [6.07, 6.45) is 2.11. The third-order valence-electron chi connectivity index (χ3n) is 5.04. The van der Waals surface area contributed by atoms with Gasteiger partial charge in [-0.3, -0.25) is 4.79 Å². The van der Waals surface area contributed by atoms with Crippen LogP contribution in [0.5, 0.6) is 0 Å². The second kappa shape index (κ2) is 7.79. The Kier molecular flexibility index (Phi) is 7.06. The van der Waals surface area contributed by atoms with Crippen LogP contribution in [-0.2, 0) is 9.59 Å². The Balaban J connectivity index is 0.00000264. The maximum absolute atomic E-state index is 13.3. The van der Waals surface area contributed by atoms with Gasteiger partial charge in [-0.25, -0.2) is 8.78 Å². The summed E-state index contributed by atoms with van der Waals surface area (Å²) in [5, 5.41) is 13.6. The van der Waals surface area contributed by atoms with Crippen molar-refractivity contribution in [1.82, 2.24) is 5.32 Å². The van der Waals surface area contributed by atoms with Crippen LogP contribution in [0.25, 0.3) is 0 Å². The van der Waals surface area contributed by atoms with E-state index in [1.807, 2.05) is 13.8 Å². The molecule has 0 aromatic carbocycles.